The number of carbonyl (C=O) groups is 1. The summed E-state index contributed by atoms with van der Waals surface area (Å²) in [6.07, 6.45) is 4.87. The normalized spacial score (nSPS) is 12.7. The first-order valence-electron chi connectivity index (χ1n) is 7.59. The van der Waals surface area contributed by atoms with Crippen LogP contribution in [0.1, 0.15) is 12.5 Å². The smallest absolute Gasteiger partial charge is 0.330 e. The first-order valence-corrected chi connectivity index (χ1v) is 11.0. The van der Waals surface area contributed by atoms with Crippen LogP contribution in [0, 0.1) is 5.92 Å². The summed E-state index contributed by atoms with van der Waals surface area (Å²) in [5, 5.41) is 0. The van der Waals surface area contributed by atoms with Gasteiger partial charge in [-0.2, -0.15) is 0 Å². The van der Waals surface area contributed by atoms with E-state index >= 15 is 0 Å². The minimum Gasteiger partial charge on any atom is -0.542 e. The summed E-state index contributed by atoms with van der Waals surface area (Å²) in [6, 6.07) is 5.57. The molecule has 5 heteroatoms. The summed E-state index contributed by atoms with van der Waals surface area (Å²) in [7, 11) is -0.137. The maximum absolute atomic E-state index is 11.7. The molecule has 1 aromatic rings. The summed E-state index contributed by atoms with van der Waals surface area (Å²) < 4.78 is 16.5. The van der Waals surface area contributed by atoms with E-state index in [1.165, 1.54) is 6.08 Å². The van der Waals surface area contributed by atoms with Gasteiger partial charge in [0, 0.05) is 12.0 Å². The number of benzene rings is 1. The number of hydrogen-bond acceptors (Lipinski definition) is 4. The van der Waals surface area contributed by atoms with Crippen LogP contribution in [-0.4, -0.2) is 28.0 Å². The lowest BCUT2D eigenvalue weighted by Crippen LogP contribution is -2.29. The van der Waals surface area contributed by atoms with E-state index in [4.69, 9.17) is 13.9 Å². The van der Waals surface area contributed by atoms with E-state index < -0.39 is 8.32 Å². The Bertz CT molecular complexity index is 573. The number of hydrogen-bond donors (Lipinski definition) is 0. The Morgan fingerprint density at radius 1 is 1.30 bits per heavy atom. The highest BCUT2D eigenvalue weighted by molar-refractivity contribution is 6.70. The van der Waals surface area contributed by atoms with Gasteiger partial charge in [0.1, 0.15) is 5.75 Å². The van der Waals surface area contributed by atoms with E-state index in [0.717, 1.165) is 5.56 Å². The molecule has 0 saturated carbocycles. The van der Waals surface area contributed by atoms with E-state index in [1.807, 2.05) is 25.1 Å². The van der Waals surface area contributed by atoms with E-state index in [2.05, 4.69) is 26.2 Å². The van der Waals surface area contributed by atoms with E-state index in [9.17, 15) is 4.79 Å². The lowest BCUT2D eigenvalue weighted by molar-refractivity contribution is -0.138. The monoisotopic (exact) mass is 334 g/mol. The highest BCUT2D eigenvalue weighted by atomic mass is 28.4. The van der Waals surface area contributed by atoms with Gasteiger partial charge >= 0.3 is 5.97 Å². The van der Waals surface area contributed by atoms with Crippen molar-refractivity contribution in [2.24, 2.45) is 5.92 Å². The second-order valence-electron chi connectivity index (χ2n) is 6.30. The van der Waals surface area contributed by atoms with Crippen molar-refractivity contribution < 1.29 is 18.7 Å². The van der Waals surface area contributed by atoms with Crippen LogP contribution in [0.25, 0.3) is 6.08 Å². The maximum atomic E-state index is 11.7. The minimum absolute atomic E-state index is 0.144. The summed E-state index contributed by atoms with van der Waals surface area (Å²) >= 11 is 0. The second kappa shape index (κ2) is 8.58. The molecule has 0 bridgehead atoms. The number of esters is 1. The minimum atomic E-state index is -1.75. The zero-order valence-corrected chi connectivity index (χ0v) is 15.6. The molecule has 1 atom stereocenters. The van der Waals surface area contributed by atoms with Gasteiger partial charge in [0.05, 0.1) is 13.7 Å². The van der Waals surface area contributed by atoms with Crippen LogP contribution in [-0.2, 0) is 9.53 Å². The van der Waals surface area contributed by atoms with Crippen molar-refractivity contribution >= 4 is 20.4 Å². The van der Waals surface area contributed by atoms with Gasteiger partial charge in [-0.3, -0.25) is 0 Å². The lowest BCUT2D eigenvalue weighted by atomic mass is 10.2. The molecule has 0 heterocycles. The van der Waals surface area contributed by atoms with Crippen molar-refractivity contribution in [2.75, 3.05) is 13.7 Å². The largest absolute Gasteiger partial charge is 0.542 e. The van der Waals surface area contributed by atoms with Gasteiger partial charge in [-0.1, -0.05) is 19.1 Å². The van der Waals surface area contributed by atoms with E-state index in [0.29, 0.717) is 18.1 Å². The van der Waals surface area contributed by atoms with Crippen molar-refractivity contribution in [1.82, 2.24) is 0 Å². The standard InChI is InChI=1S/C18H26O4Si/c1-7-14(2)13-21-18(19)11-9-15-8-10-16(20-3)17(12-15)22-23(4,5)6/h7-12,14H,1,13H2,2-6H3/b11-9+. The van der Waals surface area contributed by atoms with Crippen LogP contribution < -0.4 is 9.16 Å². The molecule has 0 spiro atoms. The molecule has 1 rings (SSSR count). The first-order chi connectivity index (χ1) is 10.7. The molecule has 0 radical (unpaired) electrons. The van der Waals surface area contributed by atoms with Crippen LogP contribution in [0.2, 0.25) is 19.6 Å². The van der Waals surface area contributed by atoms with Crippen LogP contribution in [0.4, 0.5) is 0 Å². The zero-order valence-electron chi connectivity index (χ0n) is 14.6. The molecule has 1 aromatic carbocycles. The Morgan fingerprint density at radius 3 is 2.57 bits per heavy atom. The zero-order chi connectivity index (χ0) is 17.5. The van der Waals surface area contributed by atoms with Gasteiger partial charge in [0.25, 0.3) is 0 Å². The van der Waals surface area contributed by atoms with Gasteiger partial charge in [-0.15, -0.1) is 6.58 Å². The molecular formula is C18H26O4Si. The molecule has 0 amide bonds. The third kappa shape index (κ3) is 7.19. The van der Waals surface area contributed by atoms with Gasteiger partial charge in [0.15, 0.2) is 5.75 Å². The summed E-state index contributed by atoms with van der Waals surface area (Å²) in [6.45, 7) is 12.2. The molecule has 0 aliphatic carbocycles. The second-order valence-corrected chi connectivity index (χ2v) is 10.7. The summed E-state index contributed by atoms with van der Waals surface area (Å²) in [5.74, 6) is 1.15. The van der Waals surface area contributed by atoms with Crippen LogP contribution in [0.5, 0.6) is 11.5 Å². The molecule has 0 aliphatic heterocycles. The average molecular weight is 334 g/mol. The topological polar surface area (TPSA) is 44.8 Å². The van der Waals surface area contributed by atoms with Crippen molar-refractivity contribution in [3.05, 3.63) is 42.5 Å². The molecule has 0 aliphatic rings. The Hall–Kier alpha value is -2.01. The molecule has 0 aromatic heterocycles. The van der Waals surface area contributed by atoms with Crippen LogP contribution in [0.15, 0.2) is 36.9 Å². The molecule has 4 nitrogen and oxygen atoms in total. The third-order valence-electron chi connectivity index (χ3n) is 2.91. The number of rotatable bonds is 8. The maximum Gasteiger partial charge on any atom is 0.330 e. The molecule has 126 valence electrons. The lowest BCUT2D eigenvalue weighted by Gasteiger charge is -2.21. The number of methoxy groups -OCH3 is 1. The fourth-order valence-corrected chi connectivity index (χ4v) is 2.52. The van der Waals surface area contributed by atoms with Gasteiger partial charge < -0.3 is 13.9 Å². The molecule has 0 N–H and O–H groups in total. The highest BCUT2D eigenvalue weighted by Gasteiger charge is 2.18. The molecule has 1 unspecified atom stereocenters. The Balaban J connectivity index is 2.80. The number of ether oxygens (including phenoxy) is 2. The Labute approximate surface area is 139 Å². The van der Waals surface area contributed by atoms with Crippen LogP contribution >= 0.6 is 0 Å². The predicted molar refractivity (Wildman–Crippen MR) is 96.3 cm³/mol. The molecule has 0 saturated heterocycles. The first kappa shape index (κ1) is 19.0. The Kier molecular flexibility index (Phi) is 7.10. The SMILES string of the molecule is C=CC(C)COC(=O)/C=C/c1ccc(OC)c(O[Si](C)(C)C)c1. The quantitative estimate of drug-likeness (QED) is 0.308. The average Bonchev–Trinajstić information content (AvgIpc) is 2.49. The van der Waals surface area contributed by atoms with Gasteiger partial charge in [-0.25, -0.2) is 4.79 Å². The van der Waals surface area contributed by atoms with Crippen molar-refractivity contribution in [1.29, 1.82) is 0 Å². The number of carbonyl (C=O) groups excluding carboxylic acids is 1. The van der Waals surface area contributed by atoms with E-state index in [1.54, 1.807) is 19.3 Å². The fraction of sp³-hybridized carbons (Fsp3) is 0.389. The molecule has 0 fully saturated rings. The van der Waals surface area contributed by atoms with Gasteiger partial charge in [-0.05, 0) is 43.4 Å². The molecular weight excluding hydrogens is 308 g/mol. The van der Waals surface area contributed by atoms with Crippen LogP contribution in [0.3, 0.4) is 0 Å². The van der Waals surface area contributed by atoms with Crippen molar-refractivity contribution in [2.45, 2.75) is 26.6 Å². The summed E-state index contributed by atoms with van der Waals surface area (Å²) in [4.78, 5) is 11.7. The van der Waals surface area contributed by atoms with Crippen molar-refractivity contribution in [3.8, 4) is 11.5 Å². The summed E-state index contributed by atoms with van der Waals surface area (Å²) in [5.41, 5.74) is 0.854. The van der Waals surface area contributed by atoms with E-state index in [-0.39, 0.29) is 11.9 Å². The third-order valence-corrected chi connectivity index (χ3v) is 3.74. The molecule has 23 heavy (non-hydrogen) atoms. The highest BCUT2D eigenvalue weighted by Crippen LogP contribution is 2.30. The fourth-order valence-electron chi connectivity index (χ4n) is 1.70. The van der Waals surface area contributed by atoms with Gasteiger partial charge in [0.2, 0.25) is 8.32 Å². The predicted octanol–water partition coefficient (Wildman–Crippen LogP) is 4.29. The van der Waals surface area contributed by atoms with Crippen molar-refractivity contribution in [3.63, 3.8) is 0 Å². The Morgan fingerprint density at radius 2 is 2.00 bits per heavy atom.